The van der Waals surface area contributed by atoms with Crippen molar-refractivity contribution in [1.82, 2.24) is 15.1 Å². The second-order valence-corrected chi connectivity index (χ2v) is 5.64. The molecule has 0 radical (unpaired) electrons. The molecule has 2 rings (SSSR count). The van der Waals surface area contributed by atoms with Gasteiger partial charge in [-0.2, -0.15) is 5.10 Å². The zero-order valence-electron chi connectivity index (χ0n) is 11.6. The van der Waals surface area contributed by atoms with Crippen LogP contribution < -0.4 is 5.32 Å². The van der Waals surface area contributed by atoms with E-state index in [2.05, 4.69) is 26.3 Å². The molecule has 0 amide bonds. The molecular formula is C13H20BrN3O2. The average Bonchev–Trinajstić information content (AvgIpc) is 2.98. The van der Waals surface area contributed by atoms with Crippen LogP contribution in [0.15, 0.2) is 4.47 Å². The molecule has 1 aromatic rings. The molecule has 1 aliphatic heterocycles. The van der Waals surface area contributed by atoms with Crippen molar-refractivity contribution in [3.63, 3.8) is 0 Å². The summed E-state index contributed by atoms with van der Waals surface area (Å²) in [6, 6.07) is 0.130. The fraction of sp³-hybridized carbons (Fsp3) is 0.692. The molecule has 1 N–H and O–H groups in total. The van der Waals surface area contributed by atoms with E-state index in [9.17, 15) is 4.79 Å². The van der Waals surface area contributed by atoms with Crippen molar-refractivity contribution in [2.75, 3.05) is 20.3 Å². The third-order valence-electron chi connectivity index (χ3n) is 3.66. The van der Waals surface area contributed by atoms with E-state index in [1.54, 1.807) is 0 Å². The van der Waals surface area contributed by atoms with Crippen LogP contribution in [0.5, 0.6) is 0 Å². The van der Waals surface area contributed by atoms with Crippen molar-refractivity contribution in [1.29, 1.82) is 0 Å². The third-order valence-corrected chi connectivity index (χ3v) is 4.69. The number of hydrogen-bond donors (Lipinski definition) is 1. The van der Waals surface area contributed by atoms with E-state index >= 15 is 0 Å². The van der Waals surface area contributed by atoms with Crippen molar-refractivity contribution < 1.29 is 9.53 Å². The third kappa shape index (κ3) is 2.90. The fourth-order valence-corrected chi connectivity index (χ4v) is 2.91. The Morgan fingerprint density at radius 1 is 1.58 bits per heavy atom. The first-order valence-electron chi connectivity index (χ1n) is 6.58. The fourth-order valence-electron chi connectivity index (χ4n) is 2.49. The summed E-state index contributed by atoms with van der Waals surface area (Å²) in [7, 11) is 1.87. The lowest BCUT2D eigenvalue weighted by Crippen LogP contribution is -2.37. The van der Waals surface area contributed by atoms with E-state index in [1.165, 1.54) is 0 Å². The Morgan fingerprint density at radius 3 is 2.95 bits per heavy atom. The smallest absolute Gasteiger partial charge is 0.145 e. The Balaban J connectivity index is 2.15. The molecule has 6 heteroatoms. The van der Waals surface area contributed by atoms with Crippen molar-refractivity contribution in [2.45, 2.75) is 32.9 Å². The second-order valence-electron chi connectivity index (χ2n) is 4.84. The number of hydrogen-bond acceptors (Lipinski definition) is 4. The number of carbonyl (C=O) groups is 1. The van der Waals surface area contributed by atoms with Gasteiger partial charge in [0.1, 0.15) is 5.78 Å². The molecule has 1 aromatic heterocycles. The lowest BCUT2D eigenvalue weighted by atomic mass is 9.95. The number of ether oxygens (including phenoxy) is 1. The van der Waals surface area contributed by atoms with Crippen LogP contribution in [0, 0.1) is 12.8 Å². The largest absolute Gasteiger partial charge is 0.379 e. The highest BCUT2D eigenvalue weighted by Gasteiger charge is 2.33. The Hall–Kier alpha value is -0.720. The van der Waals surface area contributed by atoms with E-state index in [1.807, 2.05) is 25.6 Å². The van der Waals surface area contributed by atoms with Crippen LogP contribution >= 0.6 is 15.9 Å². The van der Waals surface area contributed by atoms with Gasteiger partial charge in [0.05, 0.1) is 35.0 Å². The Morgan fingerprint density at radius 2 is 2.32 bits per heavy atom. The number of nitrogens with one attached hydrogen (secondary N) is 1. The van der Waals surface area contributed by atoms with Gasteiger partial charge in [-0.3, -0.25) is 9.48 Å². The number of aryl methyl sites for hydroxylation is 2. The maximum atomic E-state index is 12.4. The Bertz CT molecular complexity index is 473. The van der Waals surface area contributed by atoms with Gasteiger partial charge in [-0.1, -0.05) is 0 Å². The van der Waals surface area contributed by atoms with Gasteiger partial charge in [0, 0.05) is 19.0 Å². The summed E-state index contributed by atoms with van der Waals surface area (Å²) in [6.45, 7) is 5.87. The van der Waals surface area contributed by atoms with Crippen molar-refractivity contribution in [3.05, 3.63) is 15.9 Å². The summed E-state index contributed by atoms with van der Waals surface area (Å²) >= 11 is 3.53. The van der Waals surface area contributed by atoms with Crippen molar-refractivity contribution >= 4 is 21.7 Å². The zero-order valence-corrected chi connectivity index (χ0v) is 13.2. The second kappa shape index (κ2) is 6.15. The normalized spacial score (nSPS) is 22.9. The topological polar surface area (TPSA) is 56.2 Å². The summed E-state index contributed by atoms with van der Waals surface area (Å²) in [5, 5.41) is 7.57. The van der Waals surface area contributed by atoms with Crippen LogP contribution in [-0.4, -0.2) is 41.9 Å². The molecular weight excluding hydrogens is 310 g/mol. The molecule has 0 spiro atoms. The molecule has 0 aliphatic carbocycles. The number of aromatic nitrogens is 2. The number of halogens is 1. The molecule has 0 saturated carbocycles. The number of nitrogens with zero attached hydrogens (tertiary/aromatic N) is 2. The van der Waals surface area contributed by atoms with E-state index < -0.39 is 0 Å². The molecule has 2 heterocycles. The quantitative estimate of drug-likeness (QED) is 0.885. The van der Waals surface area contributed by atoms with Crippen LogP contribution in [-0.2, 0) is 22.5 Å². The van der Waals surface area contributed by atoms with Gasteiger partial charge >= 0.3 is 0 Å². The first-order chi connectivity index (χ1) is 9.08. The van der Waals surface area contributed by atoms with Crippen LogP contribution in [0.4, 0.5) is 0 Å². The average molecular weight is 330 g/mol. The number of ketones is 1. The predicted octanol–water partition coefficient (Wildman–Crippen LogP) is 1.32. The summed E-state index contributed by atoms with van der Waals surface area (Å²) in [6.07, 6.45) is 0.404. The maximum absolute atomic E-state index is 12.4. The van der Waals surface area contributed by atoms with Gasteiger partial charge in [-0.05, 0) is 36.8 Å². The van der Waals surface area contributed by atoms with Crippen molar-refractivity contribution in [2.24, 2.45) is 5.92 Å². The Kier molecular flexibility index (Phi) is 4.76. The molecule has 2 unspecified atom stereocenters. The van der Waals surface area contributed by atoms with Gasteiger partial charge in [0.25, 0.3) is 0 Å². The monoisotopic (exact) mass is 329 g/mol. The van der Waals surface area contributed by atoms with Crippen molar-refractivity contribution in [3.8, 4) is 0 Å². The van der Waals surface area contributed by atoms with E-state index in [-0.39, 0.29) is 17.7 Å². The lowest BCUT2D eigenvalue weighted by molar-refractivity contribution is -0.122. The molecule has 19 heavy (non-hydrogen) atoms. The minimum absolute atomic E-state index is 0.0580. The number of carbonyl (C=O) groups excluding carboxylic acids is 1. The molecule has 2 atom stereocenters. The number of Topliss-reactive ketones (excluding diaryl/α,β-unsaturated/α-hetero) is 1. The SMILES string of the molecule is CCn1nc(C)c(Br)c1CC(=O)C1COCC1NC. The highest BCUT2D eigenvalue weighted by Crippen LogP contribution is 2.24. The highest BCUT2D eigenvalue weighted by atomic mass is 79.9. The minimum Gasteiger partial charge on any atom is -0.379 e. The molecule has 1 fully saturated rings. The van der Waals surface area contributed by atoms with Gasteiger partial charge in [0.15, 0.2) is 0 Å². The molecule has 1 saturated heterocycles. The summed E-state index contributed by atoms with van der Waals surface area (Å²) in [5.74, 6) is 0.157. The molecule has 0 bridgehead atoms. The molecule has 1 aliphatic rings. The first-order valence-corrected chi connectivity index (χ1v) is 7.37. The van der Waals surface area contributed by atoms with Gasteiger partial charge in [-0.25, -0.2) is 0 Å². The predicted molar refractivity (Wildman–Crippen MR) is 76.2 cm³/mol. The van der Waals surface area contributed by atoms with E-state index in [0.717, 1.165) is 22.4 Å². The van der Waals surface area contributed by atoms with Crippen LogP contribution in [0.1, 0.15) is 18.3 Å². The van der Waals surface area contributed by atoms with Gasteiger partial charge < -0.3 is 10.1 Å². The first kappa shape index (κ1) is 14.7. The van der Waals surface area contributed by atoms with Crippen LogP contribution in [0.3, 0.4) is 0 Å². The van der Waals surface area contributed by atoms with Crippen LogP contribution in [0.25, 0.3) is 0 Å². The molecule has 0 aromatic carbocycles. The number of rotatable bonds is 5. The van der Waals surface area contributed by atoms with E-state index in [0.29, 0.717) is 19.6 Å². The highest BCUT2D eigenvalue weighted by molar-refractivity contribution is 9.10. The molecule has 106 valence electrons. The Labute approximate surface area is 121 Å². The summed E-state index contributed by atoms with van der Waals surface area (Å²) in [5.41, 5.74) is 1.89. The summed E-state index contributed by atoms with van der Waals surface area (Å²) in [4.78, 5) is 12.4. The van der Waals surface area contributed by atoms with E-state index in [4.69, 9.17) is 4.74 Å². The maximum Gasteiger partial charge on any atom is 0.145 e. The van der Waals surface area contributed by atoms with Gasteiger partial charge in [0.2, 0.25) is 0 Å². The minimum atomic E-state index is -0.0580. The zero-order chi connectivity index (χ0) is 14.0. The number of likely N-dealkylation sites (N-methyl/N-ethyl adjacent to an activating group) is 1. The van der Waals surface area contributed by atoms with Gasteiger partial charge in [-0.15, -0.1) is 0 Å². The standard InChI is InChI=1S/C13H20BrN3O2/c1-4-17-11(13(14)8(2)16-17)5-12(18)9-6-19-7-10(9)15-3/h9-10,15H,4-7H2,1-3H3. The van der Waals surface area contributed by atoms with Crippen LogP contribution in [0.2, 0.25) is 0 Å². The lowest BCUT2D eigenvalue weighted by Gasteiger charge is -2.15. The molecule has 5 nitrogen and oxygen atoms in total. The summed E-state index contributed by atoms with van der Waals surface area (Å²) < 4.78 is 8.23.